The molecule has 0 aliphatic heterocycles. The Bertz CT molecular complexity index is 1300. The number of rotatable bonds is 9. The second-order valence-corrected chi connectivity index (χ2v) is 10.5. The van der Waals surface area contributed by atoms with Crippen molar-refractivity contribution in [2.45, 2.75) is 39.5 Å². The predicted octanol–water partition coefficient (Wildman–Crippen LogP) is 6.20. The number of hydrogen-bond donors (Lipinski definition) is 2. The molecule has 4 rings (SSSR count). The normalized spacial score (nSPS) is 13.1. The van der Waals surface area contributed by atoms with Crippen molar-refractivity contribution in [3.05, 3.63) is 109 Å². The monoisotopic (exact) mass is 513 g/mol. The molecule has 1 heterocycles. The zero-order valence-corrected chi connectivity index (χ0v) is 22.2. The number of nitrogens with one attached hydrogen (secondary N) is 1. The van der Waals surface area contributed by atoms with Crippen LogP contribution in [0.25, 0.3) is 11.3 Å². The highest BCUT2D eigenvalue weighted by Crippen LogP contribution is 2.41. The number of aromatic nitrogens is 2. The third-order valence-corrected chi connectivity index (χ3v) is 6.38. The minimum atomic E-state index is -1.32. The molecule has 198 valence electrons. The highest BCUT2D eigenvalue weighted by atomic mass is 19.1. The van der Waals surface area contributed by atoms with Crippen molar-refractivity contribution in [3.8, 4) is 11.3 Å². The number of urea groups is 1. The number of imidazole rings is 1. The maximum absolute atomic E-state index is 14.0. The molecule has 0 saturated carbocycles. The summed E-state index contributed by atoms with van der Waals surface area (Å²) in [6.45, 7) is 6.53. The van der Waals surface area contributed by atoms with E-state index in [1.807, 2.05) is 85.1 Å². The summed E-state index contributed by atoms with van der Waals surface area (Å²) in [4.78, 5) is 20.6. The molecular formula is C31H36FN5O. The molecule has 3 aromatic carbocycles. The second-order valence-electron chi connectivity index (χ2n) is 10.5. The molecule has 0 radical (unpaired) electrons. The SMILES string of the molecule is CC(C)(C)[C@H](c1nc(-c2ccccc2)cn1Cc1ccccc1)N(C(=O)NC[C@@H](F)CN)c1ccccc1. The van der Waals surface area contributed by atoms with Crippen molar-refractivity contribution < 1.29 is 9.18 Å². The van der Waals surface area contributed by atoms with Crippen LogP contribution in [0.15, 0.2) is 97.2 Å². The average molecular weight is 514 g/mol. The van der Waals surface area contributed by atoms with Gasteiger partial charge in [0.05, 0.1) is 12.2 Å². The van der Waals surface area contributed by atoms with E-state index in [1.165, 1.54) is 0 Å². The van der Waals surface area contributed by atoms with Crippen molar-refractivity contribution in [2.75, 3.05) is 18.0 Å². The maximum atomic E-state index is 14.0. The van der Waals surface area contributed by atoms with E-state index in [2.05, 4.69) is 42.8 Å². The van der Waals surface area contributed by atoms with Gasteiger partial charge >= 0.3 is 6.03 Å². The quantitative estimate of drug-likeness (QED) is 0.280. The number of amides is 2. The summed E-state index contributed by atoms with van der Waals surface area (Å²) >= 11 is 0. The molecular weight excluding hydrogens is 477 g/mol. The first-order valence-electron chi connectivity index (χ1n) is 12.9. The number of benzene rings is 3. The predicted molar refractivity (Wildman–Crippen MR) is 152 cm³/mol. The van der Waals surface area contributed by atoms with Gasteiger partial charge in [-0.2, -0.15) is 0 Å². The standard InChI is InChI=1S/C31H36FN5O/c1-31(2,3)28(37(26-17-11-6-12-18-26)30(38)34-20-25(32)19-33)29-35-27(24-15-9-5-10-16-24)22-36(29)21-23-13-7-4-8-14-23/h4-18,22,25,28H,19-21,33H2,1-3H3,(H,34,38)/t25-,28-/m0/s1. The molecule has 7 heteroatoms. The summed E-state index contributed by atoms with van der Waals surface area (Å²) in [5.74, 6) is 0.745. The van der Waals surface area contributed by atoms with E-state index in [-0.39, 0.29) is 13.1 Å². The van der Waals surface area contributed by atoms with Gasteiger partial charge in [-0.15, -0.1) is 0 Å². The van der Waals surface area contributed by atoms with Gasteiger partial charge in [-0.3, -0.25) is 4.90 Å². The van der Waals surface area contributed by atoms with Gasteiger partial charge < -0.3 is 15.6 Å². The van der Waals surface area contributed by atoms with E-state index in [4.69, 9.17) is 10.7 Å². The minimum Gasteiger partial charge on any atom is -0.335 e. The number of para-hydroxylation sites is 1. The van der Waals surface area contributed by atoms with E-state index >= 15 is 0 Å². The summed E-state index contributed by atoms with van der Waals surface area (Å²) < 4.78 is 16.2. The lowest BCUT2D eigenvalue weighted by Gasteiger charge is -2.40. The lowest BCUT2D eigenvalue weighted by molar-refractivity contribution is 0.225. The van der Waals surface area contributed by atoms with Crippen molar-refractivity contribution in [1.82, 2.24) is 14.9 Å². The summed E-state index contributed by atoms with van der Waals surface area (Å²) in [6.07, 6.45) is 0.721. The van der Waals surface area contributed by atoms with E-state index in [9.17, 15) is 9.18 Å². The number of hydrogen-bond acceptors (Lipinski definition) is 3. The summed E-state index contributed by atoms with van der Waals surface area (Å²) in [7, 11) is 0. The van der Waals surface area contributed by atoms with Gasteiger partial charge in [0.2, 0.25) is 0 Å². The Balaban J connectivity index is 1.86. The van der Waals surface area contributed by atoms with Gasteiger partial charge in [0.15, 0.2) is 0 Å². The Kier molecular flexibility index (Phi) is 8.59. The molecule has 0 saturated heterocycles. The number of nitrogens with zero attached hydrogens (tertiary/aromatic N) is 3. The molecule has 0 aliphatic carbocycles. The zero-order valence-electron chi connectivity index (χ0n) is 22.2. The molecule has 1 aromatic heterocycles. The Labute approximate surface area is 224 Å². The molecule has 6 nitrogen and oxygen atoms in total. The number of nitrogens with two attached hydrogens (primary N) is 1. The van der Waals surface area contributed by atoms with Crippen LogP contribution in [0.3, 0.4) is 0 Å². The number of anilines is 1. The Morgan fingerprint density at radius 3 is 2.13 bits per heavy atom. The summed E-state index contributed by atoms with van der Waals surface area (Å²) in [6, 6.07) is 28.8. The first-order chi connectivity index (χ1) is 18.3. The fourth-order valence-electron chi connectivity index (χ4n) is 4.53. The van der Waals surface area contributed by atoms with Crippen molar-refractivity contribution in [2.24, 2.45) is 11.1 Å². The van der Waals surface area contributed by atoms with Crippen LogP contribution >= 0.6 is 0 Å². The van der Waals surface area contributed by atoms with Crippen LogP contribution in [0.2, 0.25) is 0 Å². The van der Waals surface area contributed by atoms with Crippen LogP contribution in [-0.4, -0.2) is 34.8 Å². The maximum Gasteiger partial charge on any atom is 0.322 e. The topological polar surface area (TPSA) is 76.2 Å². The third kappa shape index (κ3) is 6.47. The molecule has 0 fully saturated rings. The van der Waals surface area contributed by atoms with Gasteiger partial charge in [-0.1, -0.05) is 99.6 Å². The van der Waals surface area contributed by atoms with Gasteiger partial charge in [-0.05, 0) is 23.1 Å². The van der Waals surface area contributed by atoms with E-state index < -0.39 is 23.7 Å². The van der Waals surface area contributed by atoms with Gasteiger partial charge in [0.25, 0.3) is 0 Å². The van der Waals surface area contributed by atoms with Crippen LogP contribution in [-0.2, 0) is 6.54 Å². The second kappa shape index (κ2) is 12.0. The Morgan fingerprint density at radius 1 is 0.974 bits per heavy atom. The summed E-state index contributed by atoms with van der Waals surface area (Å²) in [5.41, 5.74) is 8.68. The number of carbonyl (C=O) groups excluding carboxylic acids is 1. The van der Waals surface area contributed by atoms with Crippen LogP contribution in [0, 0.1) is 5.41 Å². The Hall–Kier alpha value is -3.97. The van der Waals surface area contributed by atoms with Crippen LogP contribution in [0.1, 0.15) is 38.2 Å². The molecule has 2 amide bonds. The van der Waals surface area contributed by atoms with Gasteiger partial charge in [-0.25, -0.2) is 14.2 Å². The molecule has 2 atom stereocenters. The number of alkyl halides is 1. The summed E-state index contributed by atoms with van der Waals surface area (Å²) in [5, 5.41) is 2.76. The fraction of sp³-hybridized carbons (Fsp3) is 0.290. The first-order valence-corrected chi connectivity index (χ1v) is 12.9. The highest BCUT2D eigenvalue weighted by Gasteiger charge is 2.39. The lowest BCUT2D eigenvalue weighted by atomic mass is 9.84. The fourth-order valence-corrected chi connectivity index (χ4v) is 4.53. The van der Waals surface area contributed by atoms with Crippen LogP contribution < -0.4 is 16.0 Å². The third-order valence-electron chi connectivity index (χ3n) is 6.38. The van der Waals surface area contributed by atoms with E-state index in [0.29, 0.717) is 12.2 Å². The van der Waals surface area contributed by atoms with Crippen LogP contribution in [0.5, 0.6) is 0 Å². The largest absolute Gasteiger partial charge is 0.335 e. The molecule has 0 unspecified atom stereocenters. The molecule has 3 N–H and O–H groups in total. The van der Waals surface area contributed by atoms with Crippen molar-refractivity contribution in [1.29, 1.82) is 0 Å². The van der Waals surface area contributed by atoms with E-state index in [1.54, 1.807) is 4.90 Å². The van der Waals surface area contributed by atoms with Crippen molar-refractivity contribution in [3.63, 3.8) is 0 Å². The first kappa shape index (κ1) is 27.1. The molecule has 0 spiro atoms. The lowest BCUT2D eigenvalue weighted by Crippen LogP contribution is -2.49. The number of carbonyl (C=O) groups is 1. The zero-order chi connectivity index (χ0) is 27.1. The molecule has 0 aliphatic rings. The smallest absolute Gasteiger partial charge is 0.322 e. The molecule has 4 aromatic rings. The number of halogens is 1. The average Bonchev–Trinajstić information content (AvgIpc) is 3.33. The van der Waals surface area contributed by atoms with Gasteiger partial charge in [0, 0.05) is 30.5 Å². The highest BCUT2D eigenvalue weighted by molar-refractivity contribution is 5.93. The van der Waals surface area contributed by atoms with Gasteiger partial charge in [0.1, 0.15) is 18.0 Å². The van der Waals surface area contributed by atoms with E-state index in [0.717, 1.165) is 22.6 Å². The van der Waals surface area contributed by atoms with Crippen molar-refractivity contribution >= 4 is 11.7 Å². The van der Waals surface area contributed by atoms with Crippen LogP contribution in [0.4, 0.5) is 14.9 Å². The molecule has 0 bridgehead atoms. The minimum absolute atomic E-state index is 0.157. The molecule has 38 heavy (non-hydrogen) atoms. The Morgan fingerprint density at radius 2 is 1.55 bits per heavy atom.